The molecule has 0 radical (unpaired) electrons. The molecule has 24 aromatic rings. The van der Waals surface area contributed by atoms with Crippen molar-refractivity contribution in [2.45, 2.75) is 0 Å². The number of aromatic nitrogens is 4. The summed E-state index contributed by atoms with van der Waals surface area (Å²) in [5.41, 5.74) is 19.0. The van der Waals surface area contributed by atoms with Crippen LogP contribution in [0.2, 0.25) is 0 Å². The first kappa shape index (κ1) is 62.6. The Kier molecular flexibility index (Phi) is 13.2. The minimum Gasteiger partial charge on any atom is -0.308 e. The van der Waals surface area contributed by atoms with E-state index in [0.717, 1.165) is 194 Å². The van der Waals surface area contributed by atoms with E-state index in [2.05, 4.69) is 309 Å². The van der Waals surface area contributed by atoms with Gasteiger partial charge in [0.1, 0.15) is 0 Å². The molecule has 0 saturated carbocycles. The summed E-state index contributed by atoms with van der Waals surface area (Å²) in [6.07, 6.45) is 0. The molecule has 0 spiro atoms. The van der Waals surface area contributed by atoms with Crippen molar-refractivity contribution < 1.29 is 0 Å². The maximum Gasteiger partial charge on any atom is 0.0993 e. The van der Waals surface area contributed by atoms with E-state index in [1.54, 1.807) is 34.0 Å². The third kappa shape index (κ3) is 8.58. The number of hydrogen-bond acceptors (Lipinski definition) is 8. The first-order chi connectivity index (χ1) is 55.4. The molecular formula is C100H50N8S4. The van der Waals surface area contributed by atoms with Crippen molar-refractivity contribution in [1.29, 1.82) is 21.0 Å². The molecule has 0 aliphatic rings. The number of rotatable bonds is 7. The Morgan fingerprint density at radius 2 is 0.571 bits per heavy atom. The molecule has 8 nitrogen and oxygen atoms in total. The van der Waals surface area contributed by atoms with Crippen LogP contribution >= 0.6 is 45.3 Å². The zero-order valence-corrected chi connectivity index (χ0v) is 62.3. The van der Waals surface area contributed by atoms with Gasteiger partial charge in [-0.15, -0.1) is 45.3 Å². The van der Waals surface area contributed by atoms with E-state index in [1.165, 1.54) is 30.3 Å². The molecule has 8 heterocycles. The van der Waals surface area contributed by atoms with Crippen LogP contribution in [0.25, 0.3) is 224 Å². The Morgan fingerprint density at radius 1 is 0.214 bits per heavy atom. The van der Waals surface area contributed by atoms with Crippen molar-refractivity contribution in [3.8, 4) is 80.4 Å². The lowest BCUT2D eigenvalue weighted by Gasteiger charge is -2.22. The van der Waals surface area contributed by atoms with Crippen LogP contribution < -0.4 is 0 Å². The number of nitrogens with zero attached hydrogens (tertiary/aromatic N) is 8. The summed E-state index contributed by atoms with van der Waals surface area (Å²) >= 11 is 7.19. The van der Waals surface area contributed by atoms with Crippen molar-refractivity contribution in [2.75, 3.05) is 0 Å². The van der Waals surface area contributed by atoms with Crippen LogP contribution in [-0.2, 0) is 0 Å². The van der Waals surface area contributed by atoms with Gasteiger partial charge in [0.2, 0.25) is 0 Å². The van der Waals surface area contributed by atoms with Crippen molar-refractivity contribution >= 4 is 213 Å². The van der Waals surface area contributed by atoms with Crippen LogP contribution in [0.4, 0.5) is 0 Å². The highest BCUT2D eigenvalue weighted by Gasteiger charge is 2.32. The molecule has 0 saturated heterocycles. The minimum absolute atomic E-state index is 0.491. The summed E-state index contributed by atoms with van der Waals surface area (Å²) in [5.74, 6) is 0. The van der Waals surface area contributed by atoms with Crippen molar-refractivity contribution in [1.82, 2.24) is 18.3 Å². The van der Waals surface area contributed by atoms with Gasteiger partial charge in [-0.25, -0.2) is 0 Å². The van der Waals surface area contributed by atoms with Crippen LogP contribution in [0.5, 0.6) is 0 Å². The van der Waals surface area contributed by atoms with Crippen LogP contribution in [0.15, 0.2) is 303 Å². The summed E-state index contributed by atoms with van der Waals surface area (Å²) in [5, 5.41) is 62.8. The third-order valence-corrected chi connectivity index (χ3v) is 27.9. The summed E-state index contributed by atoms with van der Waals surface area (Å²) in [6.45, 7) is 0. The third-order valence-electron chi connectivity index (χ3n) is 23.2. The summed E-state index contributed by atoms with van der Waals surface area (Å²) in [6, 6.07) is 118. The standard InChI is InChI=1S/C100H50N8S4/c101-51-55-19-17-21-59(43-55)89-80(105-76-31-9-1-23-61(76)66-41-42-88-92(94(66)105)70-29-7-14-36-85(70)109-88)45-57(53-103)46-81(89)106-78-33-11-3-25-63(78)73-50-75(98-93(95(73)106)71-30-8-16-38-87(71)110-98)72-49-74-64-26-4-12-34-79(64)108(97(74)100-91(72)69-28-6-15-37-86(69)112-100)83-48-58(54-104)47-82(90(83)60-22-18-20-56(44-60)52-102)107-77-32-10-2-24-62(77)67-39-40-68-65-27-5-13-35-84(65)111-99(68)96(67)107/h1-50H. The van der Waals surface area contributed by atoms with Crippen LogP contribution in [0, 0.1) is 45.3 Å². The first-order valence-electron chi connectivity index (χ1n) is 37.0. The zero-order chi connectivity index (χ0) is 73.9. The fourth-order valence-corrected chi connectivity index (χ4v) is 23.6. The highest BCUT2D eigenvalue weighted by molar-refractivity contribution is 7.28. The maximum absolute atomic E-state index is 11.7. The van der Waals surface area contributed by atoms with Gasteiger partial charge >= 0.3 is 0 Å². The molecule has 514 valence electrons. The molecule has 0 fully saturated rings. The minimum atomic E-state index is 0.491. The van der Waals surface area contributed by atoms with Crippen LogP contribution in [-0.4, -0.2) is 18.3 Å². The highest BCUT2D eigenvalue weighted by Crippen LogP contribution is 2.56. The van der Waals surface area contributed by atoms with E-state index >= 15 is 0 Å². The highest BCUT2D eigenvalue weighted by atomic mass is 32.1. The van der Waals surface area contributed by atoms with E-state index < -0.39 is 0 Å². The molecule has 0 aliphatic heterocycles. The first-order valence-corrected chi connectivity index (χ1v) is 40.3. The second-order valence-corrected chi connectivity index (χ2v) is 33.2. The molecular weight excluding hydrogens is 1440 g/mol. The SMILES string of the molecule is N#Cc1cccc(-c2c(-n3c4ccccc4c4ccc5c6ccccc6sc5c43)cc(C#N)cc2-n2c3ccccc3c3cc(-c4cc5c6ccccc6n(-c6cc(C#N)cc(-n7c8ccccc8c8ccc9sc%10ccccc%10c9c87)c6-c6cccc(C#N)c6)c5c5c4sc4ccccc45)c4c5ccccc5sc4c32)c1. The molecule has 0 unspecified atom stereocenters. The van der Waals surface area contributed by atoms with Gasteiger partial charge in [0, 0.05) is 131 Å². The number of fused-ring (bicyclic) bond motifs is 28. The summed E-state index contributed by atoms with van der Waals surface area (Å²) in [7, 11) is 0. The molecule has 0 N–H and O–H groups in total. The molecule has 112 heavy (non-hydrogen) atoms. The number of thiophene rings is 4. The lowest BCUT2D eigenvalue weighted by Crippen LogP contribution is -2.05. The molecule has 0 aliphatic carbocycles. The van der Waals surface area contributed by atoms with Gasteiger partial charge in [-0.1, -0.05) is 188 Å². The Labute approximate surface area is 653 Å². The Bertz CT molecular complexity index is 8600. The van der Waals surface area contributed by atoms with Gasteiger partial charge in [-0.3, -0.25) is 0 Å². The number of nitriles is 4. The van der Waals surface area contributed by atoms with Crippen molar-refractivity contribution in [2.24, 2.45) is 0 Å². The largest absolute Gasteiger partial charge is 0.308 e. The Morgan fingerprint density at radius 3 is 1.09 bits per heavy atom. The molecule has 16 aromatic carbocycles. The fourth-order valence-electron chi connectivity index (χ4n) is 18.7. The molecule has 24 rings (SSSR count). The van der Waals surface area contributed by atoms with Gasteiger partial charge in [0.25, 0.3) is 0 Å². The van der Waals surface area contributed by atoms with E-state index in [0.29, 0.717) is 22.3 Å². The maximum atomic E-state index is 11.7. The fraction of sp³-hybridized carbons (Fsp3) is 0. The lowest BCUT2D eigenvalue weighted by molar-refractivity contribution is 1.14. The number of benzene rings is 16. The van der Waals surface area contributed by atoms with E-state index in [-0.39, 0.29) is 0 Å². The van der Waals surface area contributed by atoms with Crippen molar-refractivity contribution in [3.05, 3.63) is 326 Å². The van der Waals surface area contributed by atoms with E-state index in [9.17, 15) is 21.0 Å². The van der Waals surface area contributed by atoms with Crippen LogP contribution in [0.3, 0.4) is 0 Å². The normalized spacial score (nSPS) is 12.1. The predicted molar refractivity (Wildman–Crippen MR) is 471 cm³/mol. The topological polar surface area (TPSA) is 115 Å². The van der Waals surface area contributed by atoms with E-state index in [4.69, 9.17) is 0 Å². The van der Waals surface area contributed by atoms with Crippen LogP contribution in [0.1, 0.15) is 22.3 Å². The van der Waals surface area contributed by atoms with Gasteiger partial charge < -0.3 is 18.3 Å². The Balaban J connectivity index is 0.829. The molecule has 0 amide bonds. The second kappa shape index (κ2) is 23.5. The smallest absolute Gasteiger partial charge is 0.0993 e. The summed E-state index contributed by atoms with van der Waals surface area (Å²) < 4.78 is 18.8. The Hall–Kier alpha value is -14.4. The van der Waals surface area contributed by atoms with E-state index in [1.807, 2.05) is 47.7 Å². The average Bonchev–Trinajstić information content (AvgIpc) is 1.53. The summed E-state index contributed by atoms with van der Waals surface area (Å²) in [4.78, 5) is 0. The predicted octanol–water partition coefficient (Wildman–Crippen LogP) is 28.0. The van der Waals surface area contributed by atoms with Gasteiger partial charge in [-0.05, 0) is 132 Å². The molecule has 12 heteroatoms. The van der Waals surface area contributed by atoms with Gasteiger partial charge in [0.05, 0.1) is 123 Å². The number of para-hydroxylation sites is 4. The lowest BCUT2D eigenvalue weighted by atomic mass is 9.93. The van der Waals surface area contributed by atoms with Gasteiger partial charge in [-0.2, -0.15) is 21.0 Å². The monoisotopic (exact) mass is 1490 g/mol. The van der Waals surface area contributed by atoms with Gasteiger partial charge in [0.15, 0.2) is 0 Å². The quantitative estimate of drug-likeness (QED) is 0.158. The molecule has 8 aromatic heterocycles. The second-order valence-electron chi connectivity index (χ2n) is 28.9. The zero-order valence-electron chi connectivity index (χ0n) is 59.1. The molecule has 0 atom stereocenters. The average molecular weight is 1490 g/mol. The number of hydrogen-bond donors (Lipinski definition) is 0. The van der Waals surface area contributed by atoms with Crippen molar-refractivity contribution in [3.63, 3.8) is 0 Å². The molecule has 0 bridgehead atoms.